The van der Waals surface area contributed by atoms with Gasteiger partial charge in [0.25, 0.3) is 0 Å². The molecule has 10 fully saturated rings. The third-order valence-electron chi connectivity index (χ3n) is 21.9. The zero-order chi connectivity index (χ0) is 64.4. The highest BCUT2D eigenvalue weighted by atomic mass is 28.3. The fraction of sp³-hybridized carbons (Fsp3) is 0.767. The Balaban J connectivity index is 0.000000204. The Labute approximate surface area is 564 Å². The van der Waals surface area contributed by atoms with E-state index in [1.54, 1.807) is 0 Å². The summed E-state index contributed by atoms with van der Waals surface area (Å²) in [6, 6.07) is 9.67. The molecule has 0 nitrogen and oxygen atoms in total. The lowest BCUT2D eigenvalue weighted by atomic mass is 9.87. The third kappa shape index (κ3) is 33.5. The van der Waals surface area contributed by atoms with Gasteiger partial charge in [-0.05, 0) is 206 Å². The summed E-state index contributed by atoms with van der Waals surface area (Å²) in [7, 11) is -6.29. The van der Waals surface area contributed by atoms with Crippen molar-refractivity contribution in [1.82, 2.24) is 0 Å². The quantitative estimate of drug-likeness (QED) is 0.127. The van der Waals surface area contributed by atoms with Gasteiger partial charge in [-0.1, -0.05) is 152 Å². The van der Waals surface area contributed by atoms with E-state index in [0.29, 0.717) is 5.92 Å². The topological polar surface area (TPSA) is 0 Å². The van der Waals surface area contributed by atoms with Gasteiger partial charge in [0.15, 0.2) is 0 Å². The van der Waals surface area contributed by atoms with Crippen LogP contribution in [0.1, 0.15) is 312 Å². The second kappa shape index (κ2) is 45.0. The Morgan fingerprint density at radius 1 is 0.233 bits per heavy atom. The van der Waals surface area contributed by atoms with Gasteiger partial charge in [0.1, 0.15) is 0 Å². The zero-order valence-corrected chi connectivity index (χ0v) is 63.9. The van der Waals surface area contributed by atoms with Crippen LogP contribution in [0.25, 0.3) is 0 Å². The first kappa shape index (κ1) is 77.2. The molecule has 90 heavy (non-hydrogen) atoms. The van der Waals surface area contributed by atoms with E-state index in [1.807, 2.05) is 0 Å². The molecule has 0 N–H and O–H groups in total. The third-order valence-corrected chi connectivity index (χ3v) is 36.7. The number of terminal acetylenes is 2. The highest BCUT2D eigenvalue weighted by Crippen LogP contribution is 2.34. The average Bonchev–Trinajstić information content (AvgIpc) is 4.48. The lowest BCUT2D eigenvalue weighted by Crippen LogP contribution is -2.29. The van der Waals surface area contributed by atoms with E-state index in [1.165, 1.54) is 273 Å². The first-order valence-corrected chi connectivity index (χ1v) is 48.6. The molecule has 0 amide bonds. The van der Waals surface area contributed by atoms with Gasteiger partial charge in [-0.2, -0.15) is 0 Å². The summed E-state index contributed by atoms with van der Waals surface area (Å²) >= 11 is 0. The van der Waals surface area contributed by atoms with E-state index < -0.39 is 32.3 Å². The maximum atomic E-state index is 5.21. The molecule has 0 aromatic rings. The molecule has 4 heteroatoms. The molecule has 0 aromatic carbocycles. The van der Waals surface area contributed by atoms with E-state index in [9.17, 15) is 0 Å². The minimum atomic E-state index is -1.63. The lowest BCUT2D eigenvalue weighted by molar-refractivity contribution is 0.365. The number of rotatable bonds is 13. The average molecular weight is 1280 g/mol. The predicted octanol–water partition coefficient (Wildman–Crippen LogP) is 23.4. The molecule has 0 atom stereocenters. The monoisotopic (exact) mass is 1280 g/mol. The summed E-state index contributed by atoms with van der Waals surface area (Å²) < 4.78 is 0. The molecule has 10 aliphatic carbocycles. The Morgan fingerprint density at radius 3 is 0.589 bits per heavy atom. The number of hydrogen-bond acceptors (Lipinski definition) is 0. The van der Waals surface area contributed by atoms with Crippen molar-refractivity contribution >= 4 is 32.3 Å². The number of hydrogen-bond donors (Lipinski definition) is 0. The Bertz CT molecular complexity index is 2470. The summed E-state index contributed by atoms with van der Waals surface area (Å²) in [6.07, 6.45) is 64.5. The fourth-order valence-electron chi connectivity index (χ4n) is 13.2. The predicted molar refractivity (Wildman–Crippen MR) is 406 cm³/mol. The molecule has 0 unspecified atom stereocenters. The van der Waals surface area contributed by atoms with E-state index in [-0.39, 0.29) is 0 Å². The second-order valence-corrected chi connectivity index (χ2v) is 46.0. The summed E-state index contributed by atoms with van der Waals surface area (Å²) in [4.78, 5) is 0. The molecular formula is C86H132Si4. The van der Waals surface area contributed by atoms with Gasteiger partial charge in [0.05, 0.1) is 0 Å². The molecule has 0 heterocycles. The smallest absolute Gasteiger partial charge is 0.120 e. The van der Waals surface area contributed by atoms with Gasteiger partial charge in [0.2, 0.25) is 32.3 Å². The van der Waals surface area contributed by atoms with Crippen LogP contribution >= 0.6 is 0 Å². The van der Waals surface area contributed by atoms with Gasteiger partial charge in [-0.3, -0.25) is 0 Å². The van der Waals surface area contributed by atoms with Gasteiger partial charge in [-0.25, -0.2) is 0 Å². The van der Waals surface area contributed by atoms with Crippen LogP contribution < -0.4 is 0 Å². The molecule has 10 aliphatic rings. The zero-order valence-electron chi connectivity index (χ0n) is 59.9. The van der Waals surface area contributed by atoms with Gasteiger partial charge in [0, 0.05) is 61.7 Å². The van der Waals surface area contributed by atoms with Crippen LogP contribution in [0.5, 0.6) is 0 Å². The summed E-state index contributed by atoms with van der Waals surface area (Å²) in [5, 5.41) is 0. The van der Waals surface area contributed by atoms with Crippen LogP contribution in [0.4, 0.5) is 0 Å². The molecule has 0 spiro atoms. The standard InChI is InChI=1S/C22H36Si.2C18H28Si.C14H20Si.C9H14.C5H6/c1-3-23(4-2,19-11-17-21-13-7-5-8-14-21)20-12-18-22-15-9-6-10-16-22;2*1-3-19(4-2,16-14-18-12-13-18)15-8-11-17-9-6-5-7-10-17;1-3-15(4-2,11-9-13-5-6-13)12-10-14-7-8-14;1-2-6-9-7-4-3-5-8-9;1-2-5-3-4-5/h21-22H,3-10,13-18H2,1-2H3;2*17-18H,3-7,9-13H2,1-2H3;13-14H,3-8H2,1-2H3;1,9H,3-8H2;1,5H,3-4H2. The normalized spacial score (nSPS) is 20.3. The first-order valence-electron chi connectivity index (χ1n) is 39.0. The van der Waals surface area contributed by atoms with Gasteiger partial charge < -0.3 is 0 Å². The van der Waals surface area contributed by atoms with Crippen LogP contribution in [0.15, 0.2) is 0 Å². The SMILES string of the molecule is C#CC1CC1.C#CCC1CCCCC1.CC[Si](C#CC1CC1)(C#CC1CC1)CC.CC[Si](C#CCC1CCCCC1)(C#CC1CC1)CC.CC[Si](C#CCC1CCCCC1)(C#CC1CC1)CC.CC[Si](C#CCC1CCCCC1)(C#CCC1CCCCC1)CC. The molecule has 0 saturated heterocycles. The van der Waals surface area contributed by atoms with Crippen LogP contribution in [0.2, 0.25) is 48.4 Å². The van der Waals surface area contributed by atoms with Crippen molar-refractivity contribution in [3.63, 3.8) is 0 Å². The second-order valence-electron chi connectivity index (χ2n) is 29.7. The molecule has 10 rings (SSSR count). The van der Waals surface area contributed by atoms with Crippen LogP contribution in [-0.4, -0.2) is 32.3 Å². The Hall–Kier alpha value is -3.53. The minimum Gasteiger partial charge on any atom is -0.120 e. The molecule has 0 bridgehead atoms. The minimum absolute atomic E-state index is 0.662. The van der Waals surface area contributed by atoms with Gasteiger partial charge in [-0.15, -0.1) is 116 Å². The molecule has 492 valence electrons. The van der Waals surface area contributed by atoms with Crippen molar-refractivity contribution in [3.8, 4) is 116 Å². The summed E-state index contributed by atoms with van der Waals surface area (Å²) in [5.74, 6) is 41.6. The lowest BCUT2D eigenvalue weighted by Gasteiger charge is -2.20. The van der Waals surface area contributed by atoms with Crippen molar-refractivity contribution in [2.45, 2.75) is 361 Å². The van der Waals surface area contributed by atoms with Crippen molar-refractivity contribution in [2.75, 3.05) is 0 Å². The van der Waals surface area contributed by atoms with Crippen LogP contribution in [0.3, 0.4) is 0 Å². The van der Waals surface area contributed by atoms with Crippen LogP contribution in [-0.2, 0) is 0 Å². The Morgan fingerprint density at radius 2 is 0.422 bits per heavy atom. The molecule has 0 aromatic heterocycles. The van der Waals surface area contributed by atoms with Crippen molar-refractivity contribution in [3.05, 3.63) is 0 Å². The maximum absolute atomic E-state index is 5.21. The van der Waals surface area contributed by atoms with Crippen molar-refractivity contribution < 1.29 is 0 Å². The fourth-order valence-corrected chi connectivity index (χ4v) is 22.0. The molecule has 0 aliphatic heterocycles. The van der Waals surface area contributed by atoms with E-state index in [4.69, 9.17) is 12.8 Å². The highest BCUT2D eigenvalue weighted by molar-refractivity contribution is 6.95. The first-order chi connectivity index (χ1) is 44.0. The molecule has 10 saturated carbocycles. The highest BCUT2D eigenvalue weighted by Gasteiger charge is 2.31. The van der Waals surface area contributed by atoms with Crippen molar-refractivity contribution in [1.29, 1.82) is 0 Å². The van der Waals surface area contributed by atoms with Crippen LogP contribution in [0, 0.1) is 176 Å². The largest absolute Gasteiger partial charge is 0.216 e. The van der Waals surface area contributed by atoms with E-state index in [2.05, 4.69) is 159 Å². The summed E-state index contributed by atoms with van der Waals surface area (Å²) in [5.41, 5.74) is 29.3. The van der Waals surface area contributed by atoms with Crippen molar-refractivity contribution in [2.24, 2.45) is 59.2 Å². The molecular weight excluding hydrogens is 1150 g/mol. The van der Waals surface area contributed by atoms with Gasteiger partial charge >= 0.3 is 0 Å². The van der Waals surface area contributed by atoms with E-state index >= 15 is 0 Å². The van der Waals surface area contributed by atoms with E-state index in [0.717, 1.165) is 85.4 Å². The maximum Gasteiger partial charge on any atom is 0.216 e. The Kier molecular flexibility index (Phi) is 38.5. The molecule has 0 radical (unpaired) electrons. The summed E-state index contributed by atoms with van der Waals surface area (Å²) in [6.45, 7) is 18.4.